The van der Waals surface area contributed by atoms with Crippen LogP contribution in [-0.2, 0) is 4.79 Å². The summed E-state index contributed by atoms with van der Waals surface area (Å²) in [4.78, 5) is 12.2. The maximum atomic E-state index is 12.2. The van der Waals surface area contributed by atoms with Gasteiger partial charge in [0, 0.05) is 16.2 Å². The van der Waals surface area contributed by atoms with Gasteiger partial charge in [-0.05, 0) is 35.9 Å². The Morgan fingerprint density at radius 2 is 2.08 bits per heavy atom. The van der Waals surface area contributed by atoms with Crippen molar-refractivity contribution in [3.8, 4) is 17.6 Å². The van der Waals surface area contributed by atoms with Gasteiger partial charge in [-0.25, -0.2) is 0 Å². The van der Waals surface area contributed by atoms with Crippen molar-refractivity contribution >= 4 is 34.8 Å². The van der Waals surface area contributed by atoms with Crippen molar-refractivity contribution in [3.05, 3.63) is 52.5 Å². The van der Waals surface area contributed by atoms with Gasteiger partial charge in [-0.1, -0.05) is 23.7 Å². The molecular formula is C18H13ClN2O3. The van der Waals surface area contributed by atoms with E-state index in [2.05, 4.69) is 5.32 Å². The van der Waals surface area contributed by atoms with Gasteiger partial charge in [0.15, 0.2) is 18.1 Å². The molecule has 1 aliphatic rings. The summed E-state index contributed by atoms with van der Waals surface area (Å²) >= 11 is 5.95. The van der Waals surface area contributed by atoms with Crippen LogP contribution in [0, 0.1) is 11.3 Å². The van der Waals surface area contributed by atoms with E-state index >= 15 is 0 Å². The maximum Gasteiger partial charge on any atom is 0.256 e. The average Bonchev–Trinajstić information content (AvgIpc) is 2.88. The van der Waals surface area contributed by atoms with Gasteiger partial charge < -0.3 is 14.8 Å². The summed E-state index contributed by atoms with van der Waals surface area (Å²) in [5.74, 6) is 0.787. The third-order valence-electron chi connectivity index (χ3n) is 3.56. The molecule has 0 fully saturated rings. The topological polar surface area (TPSA) is 71.3 Å². The first-order chi connectivity index (χ1) is 11.6. The molecule has 2 aromatic rings. The van der Waals surface area contributed by atoms with Gasteiger partial charge in [0.25, 0.3) is 5.91 Å². The van der Waals surface area contributed by atoms with E-state index in [0.717, 1.165) is 11.1 Å². The molecule has 1 heterocycles. The van der Waals surface area contributed by atoms with E-state index in [0.29, 0.717) is 27.8 Å². The summed E-state index contributed by atoms with van der Waals surface area (Å²) in [5.41, 5.74) is 2.83. The van der Waals surface area contributed by atoms with Crippen LogP contribution in [-0.4, -0.2) is 19.6 Å². The van der Waals surface area contributed by atoms with E-state index in [9.17, 15) is 4.79 Å². The Bertz CT molecular complexity index is 884. The van der Waals surface area contributed by atoms with E-state index in [-0.39, 0.29) is 12.5 Å². The normalized spacial score (nSPS) is 14.0. The van der Waals surface area contributed by atoms with Crippen LogP contribution < -0.4 is 14.8 Å². The average molecular weight is 341 g/mol. The first kappa shape index (κ1) is 15.9. The number of carbonyl (C=O) groups excluding carboxylic acids is 1. The van der Waals surface area contributed by atoms with E-state index in [1.54, 1.807) is 36.4 Å². The number of anilines is 1. The van der Waals surface area contributed by atoms with Gasteiger partial charge in [-0.2, -0.15) is 5.26 Å². The minimum Gasteiger partial charge on any atom is -0.493 e. The number of halogens is 1. The summed E-state index contributed by atoms with van der Waals surface area (Å²) in [5, 5.41) is 12.0. The fraction of sp³-hybridized carbons (Fsp3) is 0.111. The number of ether oxygens (including phenoxy) is 2. The molecule has 6 heteroatoms. The highest BCUT2D eigenvalue weighted by atomic mass is 35.5. The Balaban J connectivity index is 1.97. The summed E-state index contributed by atoms with van der Waals surface area (Å²) < 4.78 is 10.6. The zero-order valence-electron chi connectivity index (χ0n) is 12.8. The summed E-state index contributed by atoms with van der Waals surface area (Å²) in [6.45, 7) is -0.0622. The molecule has 3 rings (SSSR count). The Labute approximate surface area is 144 Å². The standard InChI is InChI=1S/C18H13ClN2O3/c1-23-17-9-11(2-5-16(17)24-7-6-20)8-14-13-4-3-12(19)10-15(13)21-18(14)22/h2-5,8-10H,7H2,1H3,(H,21,22). The van der Waals surface area contributed by atoms with Gasteiger partial charge in [0.1, 0.15) is 6.07 Å². The van der Waals surface area contributed by atoms with Crippen LogP contribution in [0.4, 0.5) is 5.69 Å². The molecule has 0 unspecified atom stereocenters. The molecule has 1 aliphatic heterocycles. The molecule has 24 heavy (non-hydrogen) atoms. The number of hydrogen-bond donors (Lipinski definition) is 1. The summed E-state index contributed by atoms with van der Waals surface area (Å²) in [6.07, 6.45) is 1.77. The van der Waals surface area contributed by atoms with Crippen LogP contribution >= 0.6 is 11.6 Å². The predicted octanol–water partition coefficient (Wildman–Crippen LogP) is 3.74. The highest BCUT2D eigenvalue weighted by Crippen LogP contribution is 2.36. The quantitative estimate of drug-likeness (QED) is 0.860. The lowest BCUT2D eigenvalue weighted by atomic mass is 10.0. The van der Waals surface area contributed by atoms with Gasteiger partial charge >= 0.3 is 0 Å². The number of nitrogens with zero attached hydrogens (tertiary/aromatic N) is 1. The van der Waals surface area contributed by atoms with Crippen molar-refractivity contribution in [1.29, 1.82) is 5.26 Å². The fourth-order valence-corrected chi connectivity index (χ4v) is 2.65. The molecular weight excluding hydrogens is 328 g/mol. The molecule has 120 valence electrons. The van der Waals surface area contributed by atoms with Crippen LogP contribution in [0.15, 0.2) is 36.4 Å². The van der Waals surface area contributed by atoms with Crippen LogP contribution in [0.1, 0.15) is 11.1 Å². The Hall–Kier alpha value is -2.97. The lowest BCUT2D eigenvalue weighted by Gasteiger charge is -2.09. The third-order valence-corrected chi connectivity index (χ3v) is 3.79. The molecule has 0 saturated carbocycles. The van der Waals surface area contributed by atoms with Crippen LogP contribution in [0.5, 0.6) is 11.5 Å². The van der Waals surface area contributed by atoms with Crippen molar-refractivity contribution < 1.29 is 14.3 Å². The smallest absolute Gasteiger partial charge is 0.256 e. The van der Waals surface area contributed by atoms with E-state index in [1.165, 1.54) is 7.11 Å². The fourth-order valence-electron chi connectivity index (χ4n) is 2.48. The number of hydrogen-bond acceptors (Lipinski definition) is 4. The molecule has 2 aromatic carbocycles. The zero-order chi connectivity index (χ0) is 17.1. The van der Waals surface area contributed by atoms with Crippen molar-refractivity contribution in [2.24, 2.45) is 0 Å². The van der Waals surface area contributed by atoms with Gasteiger partial charge in [0.2, 0.25) is 0 Å². The Morgan fingerprint density at radius 3 is 2.83 bits per heavy atom. The first-order valence-electron chi connectivity index (χ1n) is 7.13. The molecule has 0 saturated heterocycles. The van der Waals surface area contributed by atoms with Crippen molar-refractivity contribution in [1.82, 2.24) is 0 Å². The Kier molecular flexibility index (Phi) is 4.41. The van der Waals surface area contributed by atoms with E-state index in [1.807, 2.05) is 12.1 Å². The minimum atomic E-state index is -0.184. The molecule has 0 aliphatic carbocycles. The third kappa shape index (κ3) is 3.05. The second-order valence-electron chi connectivity index (χ2n) is 5.06. The van der Waals surface area contributed by atoms with Crippen LogP contribution in [0.2, 0.25) is 5.02 Å². The zero-order valence-corrected chi connectivity index (χ0v) is 13.6. The molecule has 0 bridgehead atoms. The molecule has 0 radical (unpaired) electrons. The monoisotopic (exact) mass is 340 g/mol. The highest BCUT2D eigenvalue weighted by Gasteiger charge is 2.24. The number of amides is 1. The van der Waals surface area contributed by atoms with E-state index < -0.39 is 0 Å². The molecule has 0 aromatic heterocycles. The van der Waals surface area contributed by atoms with Crippen molar-refractivity contribution in [3.63, 3.8) is 0 Å². The molecule has 1 amide bonds. The largest absolute Gasteiger partial charge is 0.493 e. The lowest BCUT2D eigenvalue weighted by Crippen LogP contribution is -2.03. The number of carbonyl (C=O) groups is 1. The van der Waals surface area contributed by atoms with Gasteiger partial charge in [-0.3, -0.25) is 4.79 Å². The second kappa shape index (κ2) is 6.65. The maximum absolute atomic E-state index is 12.2. The lowest BCUT2D eigenvalue weighted by molar-refractivity contribution is -0.110. The molecule has 5 nitrogen and oxygen atoms in total. The number of nitrogens with one attached hydrogen (secondary N) is 1. The highest BCUT2D eigenvalue weighted by molar-refractivity contribution is 6.36. The first-order valence-corrected chi connectivity index (χ1v) is 7.51. The van der Waals surface area contributed by atoms with E-state index in [4.69, 9.17) is 26.3 Å². The number of benzene rings is 2. The Morgan fingerprint density at radius 1 is 1.25 bits per heavy atom. The SMILES string of the molecule is COc1cc(C=C2C(=O)Nc3cc(Cl)ccc32)ccc1OCC#N. The van der Waals surface area contributed by atoms with Crippen molar-refractivity contribution in [2.75, 3.05) is 19.0 Å². The predicted molar refractivity (Wildman–Crippen MR) is 92.1 cm³/mol. The van der Waals surface area contributed by atoms with Crippen LogP contribution in [0.25, 0.3) is 11.6 Å². The molecule has 0 spiro atoms. The second-order valence-corrected chi connectivity index (χ2v) is 5.50. The van der Waals surface area contributed by atoms with Crippen LogP contribution in [0.3, 0.4) is 0 Å². The van der Waals surface area contributed by atoms with Crippen molar-refractivity contribution in [2.45, 2.75) is 0 Å². The number of fused-ring (bicyclic) bond motifs is 1. The number of rotatable bonds is 4. The minimum absolute atomic E-state index is 0.0622. The molecule has 0 atom stereocenters. The number of nitriles is 1. The molecule has 1 N–H and O–H groups in total. The summed E-state index contributed by atoms with van der Waals surface area (Å²) in [7, 11) is 1.52. The van der Waals surface area contributed by atoms with Gasteiger partial charge in [0.05, 0.1) is 12.8 Å². The summed E-state index contributed by atoms with van der Waals surface area (Å²) in [6, 6.07) is 12.4. The number of methoxy groups -OCH3 is 1. The van der Waals surface area contributed by atoms with Gasteiger partial charge in [-0.15, -0.1) is 0 Å².